The molecule has 21 heavy (non-hydrogen) atoms. The van der Waals surface area contributed by atoms with Gasteiger partial charge in [-0.1, -0.05) is 6.07 Å². The van der Waals surface area contributed by atoms with Crippen molar-refractivity contribution in [3.05, 3.63) is 34.1 Å². The minimum absolute atomic E-state index is 0.0319. The van der Waals surface area contributed by atoms with Crippen LogP contribution in [0.3, 0.4) is 0 Å². The van der Waals surface area contributed by atoms with Gasteiger partial charge in [-0.2, -0.15) is 0 Å². The Morgan fingerprint density at radius 1 is 1.38 bits per heavy atom. The normalized spacial score (nSPS) is 24.4. The van der Waals surface area contributed by atoms with Gasteiger partial charge in [0.05, 0.1) is 12.1 Å². The molecule has 1 spiro atoms. The number of nitrogens with zero attached hydrogens (tertiary/aromatic N) is 1. The second-order valence-corrected chi connectivity index (χ2v) is 5.92. The number of carbonyl (C=O) groups excluding carboxylic acids is 3. The quantitative estimate of drug-likeness (QED) is 0.738. The molecule has 0 aromatic heterocycles. The average Bonchev–Trinajstić information content (AvgIpc) is 2.94. The molecule has 0 radical (unpaired) electrons. The van der Waals surface area contributed by atoms with Gasteiger partial charge < -0.3 is 10.2 Å². The third-order valence-corrected chi connectivity index (χ3v) is 4.41. The van der Waals surface area contributed by atoms with E-state index in [1.54, 1.807) is 6.07 Å². The minimum Gasteiger partial charge on any atom is -0.336 e. The van der Waals surface area contributed by atoms with Gasteiger partial charge in [0.1, 0.15) is 11.4 Å². The van der Waals surface area contributed by atoms with E-state index in [4.69, 9.17) is 0 Å². The van der Waals surface area contributed by atoms with Crippen molar-refractivity contribution in [3.63, 3.8) is 0 Å². The predicted molar refractivity (Wildman–Crippen MR) is 74.0 cm³/mol. The summed E-state index contributed by atoms with van der Waals surface area (Å²) in [6.07, 6.45) is 0.308. The molecular formula is C13H11BrFN3O3. The first-order valence-corrected chi connectivity index (χ1v) is 7.09. The van der Waals surface area contributed by atoms with E-state index in [-0.39, 0.29) is 18.7 Å². The fourth-order valence-electron chi connectivity index (χ4n) is 2.66. The molecule has 1 aromatic rings. The molecule has 2 heterocycles. The zero-order chi connectivity index (χ0) is 15.2. The Labute approximate surface area is 127 Å². The SMILES string of the molecule is O=C1NC(=O)C2(CCN(C(=O)c3c(F)cccc3Br)C2)N1. The highest BCUT2D eigenvalue weighted by atomic mass is 79.9. The number of benzene rings is 1. The van der Waals surface area contributed by atoms with Crippen LogP contribution in [0.2, 0.25) is 0 Å². The van der Waals surface area contributed by atoms with E-state index < -0.39 is 29.2 Å². The molecule has 2 saturated heterocycles. The molecule has 1 atom stereocenters. The molecule has 2 N–H and O–H groups in total. The fraction of sp³-hybridized carbons (Fsp3) is 0.308. The van der Waals surface area contributed by atoms with Crippen LogP contribution in [0.4, 0.5) is 9.18 Å². The van der Waals surface area contributed by atoms with Crippen LogP contribution in [-0.4, -0.2) is 41.4 Å². The molecule has 2 aliphatic rings. The van der Waals surface area contributed by atoms with Gasteiger partial charge in [-0.15, -0.1) is 0 Å². The molecule has 0 aliphatic carbocycles. The van der Waals surface area contributed by atoms with Gasteiger partial charge in [0, 0.05) is 11.0 Å². The molecular weight excluding hydrogens is 345 g/mol. The number of likely N-dealkylation sites (tertiary alicyclic amines) is 1. The Bertz CT molecular complexity index is 646. The Kier molecular flexibility index (Phi) is 3.20. The third-order valence-electron chi connectivity index (χ3n) is 3.75. The van der Waals surface area contributed by atoms with Crippen LogP contribution < -0.4 is 10.6 Å². The number of urea groups is 1. The van der Waals surface area contributed by atoms with Gasteiger partial charge in [0.25, 0.3) is 11.8 Å². The maximum Gasteiger partial charge on any atom is 0.322 e. The van der Waals surface area contributed by atoms with Gasteiger partial charge in [0.2, 0.25) is 0 Å². The first-order valence-electron chi connectivity index (χ1n) is 6.30. The topological polar surface area (TPSA) is 78.5 Å². The Morgan fingerprint density at radius 2 is 2.14 bits per heavy atom. The van der Waals surface area contributed by atoms with Crippen LogP contribution >= 0.6 is 15.9 Å². The Morgan fingerprint density at radius 3 is 2.76 bits per heavy atom. The maximum absolute atomic E-state index is 13.8. The van der Waals surface area contributed by atoms with E-state index in [1.165, 1.54) is 17.0 Å². The van der Waals surface area contributed by atoms with Crippen LogP contribution in [-0.2, 0) is 4.79 Å². The molecule has 6 nitrogen and oxygen atoms in total. The first kappa shape index (κ1) is 14.0. The summed E-state index contributed by atoms with van der Waals surface area (Å²) in [5.41, 5.74) is -1.16. The van der Waals surface area contributed by atoms with Gasteiger partial charge in [-0.05, 0) is 34.5 Å². The van der Waals surface area contributed by atoms with Crippen LogP contribution in [0.15, 0.2) is 22.7 Å². The van der Waals surface area contributed by atoms with Crippen molar-refractivity contribution in [2.24, 2.45) is 0 Å². The number of amides is 4. The van der Waals surface area contributed by atoms with Crippen molar-refractivity contribution < 1.29 is 18.8 Å². The molecule has 3 rings (SSSR count). The molecule has 4 amide bonds. The lowest BCUT2D eigenvalue weighted by atomic mass is 9.99. The van der Waals surface area contributed by atoms with Crippen molar-refractivity contribution in [1.82, 2.24) is 15.5 Å². The minimum atomic E-state index is -1.09. The van der Waals surface area contributed by atoms with E-state index in [0.717, 1.165) is 0 Å². The number of imide groups is 1. The van der Waals surface area contributed by atoms with Crippen molar-refractivity contribution in [2.45, 2.75) is 12.0 Å². The fourth-order valence-corrected chi connectivity index (χ4v) is 3.17. The number of hydrogen-bond acceptors (Lipinski definition) is 3. The van der Waals surface area contributed by atoms with Gasteiger partial charge in [0.15, 0.2) is 0 Å². The average molecular weight is 356 g/mol. The van der Waals surface area contributed by atoms with Gasteiger partial charge >= 0.3 is 6.03 Å². The lowest BCUT2D eigenvalue weighted by molar-refractivity contribution is -0.123. The highest BCUT2D eigenvalue weighted by molar-refractivity contribution is 9.10. The second-order valence-electron chi connectivity index (χ2n) is 5.06. The summed E-state index contributed by atoms with van der Waals surface area (Å²) in [7, 11) is 0. The molecule has 1 aromatic carbocycles. The zero-order valence-electron chi connectivity index (χ0n) is 10.8. The van der Waals surface area contributed by atoms with Crippen molar-refractivity contribution in [3.8, 4) is 0 Å². The summed E-state index contributed by atoms with van der Waals surface area (Å²) in [5.74, 6) is -1.59. The number of carbonyl (C=O) groups is 3. The number of rotatable bonds is 1. The van der Waals surface area contributed by atoms with Crippen LogP contribution in [0, 0.1) is 5.82 Å². The Balaban J connectivity index is 1.85. The molecule has 2 aliphatic heterocycles. The standard InChI is InChI=1S/C13H11BrFN3O3/c14-7-2-1-3-8(15)9(7)10(19)18-5-4-13(6-18)11(20)16-12(21)17-13/h1-3H,4-6H2,(H2,16,17,20,21). The number of hydrogen-bond donors (Lipinski definition) is 2. The molecule has 110 valence electrons. The molecule has 0 bridgehead atoms. The van der Waals surface area contributed by atoms with Gasteiger partial charge in [-0.25, -0.2) is 9.18 Å². The summed E-state index contributed by atoms with van der Waals surface area (Å²) in [6, 6.07) is 3.70. The summed E-state index contributed by atoms with van der Waals surface area (Å²) in [4.78, 5) is 36.9. The van der Waals surface area contributed by atoms with Crippen molar-refractivity contribution >= 4 is 33.8 Å². The Hall–Kier alpha value is -1.96. The predicted octanol–water partition coefficient (Wildman–Crippen LogP) is 1.01. The summed E-state index contributed by atoms with van der Waals surface area (Å²) >= 11 is 3.15. The smallest absolute Gasteiger partial charge is 0.322 e. The molecule has 2 fully saturated rings. The van der Waals surface area contributed by atoms with Crippen LogP contribution in [0.1, 0.15) is 16.8 Å². The van der Waals surface area contributed by atoms with Crippen molar-refractivity contribution in [2.75, 3.05) is 13.1 Å². The van der Waals surface area contributed by atoms with E-state index in [9.17, 15) is 18.8 Å². The van der Waals surface area contributed by atoms with E-state index in [0.29, 0.717) is 10.9 Å². The van der Waals surface area contributed by atoms with Crippen LogP contribution in [0.5, 0.6) is 0 Å². The highest BCUT2D eigenvalue weighted by Crippen LogP contribution is 2.28. The van der Waals surface area contributed by atoms with Crippen LogP contribution in [0.25, 0.3) is 0 Å². The second kappa shape index (κ2) is 4.80. The highest BCUT2D eigenvalue weighted by Gasteiger charge is 2.51. The summed E-state index contributed by atoms with van der Waals surface area (Å²) < 4.78 is 14.2. The van der Waals surface area contributed by atoms with E-state index in [1.807, 2.05) is 0 Å². The van der Waals surface area contributed by atoms with E-state index in [2.05, 4.69) is 26.6 Å². The van der Waals surface area contributed by atoms with Gasteiger partial charge in [-0.3, -0.25) is 14.9 Å². The first-order chi connectivity index (χ1) is 9.93. The molecule has 8 heteroatoms. The van der Waals surface area contributed by atoms with E-state index >= 15 is 0 Å². The molecule has 0 saturated carbocycles. The lowest BCUT2D eigenvalue weighted by Gasteiger charge is -2.21. The number of nitrogens with one attached hydrogen (secondary N) is 2. The zero-order valence-corrected chi connectivity index (χ0v) is 12.4. The molecule has 1 unspecified atom stereocenters. The lowest BCUT2D eigenvalue weighted by Crippen LogP contribution is -2.49. The number of halogens is 2. The third kappa shape index (κ3) is 2.19. The largest absolute Gasteiger partial charge is 0.336 e. The summed E-state index contributed by atoms with van der Waals surface area (Å²) in [6.45, 7) is 0.303. The van der Waals surface area contributed by atoms with Crippen molar-refractivity contribution in [1.29, 1.82) is 0 Å². The monoisotopic (exact) mass is 355 g/mol. The maximum atomic E-state index is 13.8. The summed E-state index contributed by atoms with van der Waals surface area (Å²) in [5, 5.41) is 4.71.